The summed E-state index contributed by atoms with van der Waals surface area (Å²) in [4.78, 5) is 4.79. The highest BCUT2D eigenvalue weighted by atomic mass is 15.1. The van der Waals surface area contributed by atoms with Crippen LogP contribution in [0, 0.1) is 0 Å². The lowest BCUT2D eigenvalue weighted by Gasteiger charge is -2.29. The summed E-state index contributed by atoms with van der Waals surface area (Å²) in [5.74, 6) is 0. The highest BCUT2D eigenvalue weighted by molar-refractivity contribution is 6.35. The molecule has 0 aliphatic carbocycles. The topological polar surface area (TPSA) is 6.48 Å². The van der Waals surface area contributed by atoms with Gasteiger partial charge < -0.3 is 9.80 Å². The Morgan fingerprint density at radius 3 is 0.871 bits per heavy atom. The van der Waals surface area contributed by atoms with Gasteiger partial charge in [-0.05, 0) is 115 Å². The molecule has 0 heterocycles. The maximum Gasteiger partial charge on any atom is 0.0540 e. The van der Waals surface area contributed by atoms with E-state index in [2.05, 4.69) is 265 Å². The van der Waals surface area contributed by atoms with Crippen molar-refractivity contribution in [2.45, 2.75) is 0 Å². The summed E-state index contributed by atoms with van der Waals surface area (Å²) >= 11 is 0. The van der Waals surface area contributed by atoms with Crippen LogP contribution in [-0.4, -0.2) is 0 Å². The maximum atomic E-state index is 2.40. The van der Waals surface area contributed by atoms with Gasteiger partial charge in [-0.15, -0.1) is 0 Å². The van der Waals surface area contributed by atoms with E-state index in [1.165, 1.54) is 54.2 Å². The van der Waals surface area contributed by atoms with Gasteiger partial charge in [0.05, 0.1) is 11.4 Å². The summed E-state index contributed by atoms with van der Waals surface area (Å²) in [6.45, 7) is 0. The van der Waals surface area contributed by atoms with Crippen molar-refractivity contribution < 1.29 is 0 Å². The van der Waals surface area contributed by atoms with E-state index in [0.29, 0.717) is 0 Å². The Bertz CT molecular complexity index is 3110. The standard InChI is InChI=1S/C60H42N2/c1-5-15-43(16-6-1)27-29-45-31-35-49(36-32-45)61(47-19-9-3-10-20-47)57-41-39-53-54-40-42-58(56-26-14-24-52(60(54)56)51-23-13-25-55(57)59(51)53)62(48-21-11-4-12-22-48)50-37-33-46(34-38-50)30-28-44-17-7-2-8-18-44/h1-42H/b29-27+,30-28+. The third kappa shape index (κ3) is 6.84. The molecule has 62 heavy (non-hydrogen) atoms. The summed E-state index contributed by atoms with van der Waals surface area (Å²) in [5, 5.41) is 10.0. The van der Waals surface area contributed by atoms with Crippen LogP contribution in [0.2, 0.25) is 0 Å². The van der Waals surface area contributed by atoms with E-state index in [-0.39, 0.29) is 0 Å². The van der Waals surface area contributed by atoms with E-state index < -0.39 is 0 Å². The van der Waals surface area contributed by atoms with Crippen molar-refractivity contribution in [3.63, 3.8) is 0 Å². The fourth-order valence-corrected chi connectivity index (χ4v) is 9.06. The average molecular weight is 791 g/mol. The zero-order valence-corrected chi connectivity index (χ0v) is 34.1. The molecule has 11 aromatic rings. The molecule has 0 saturated carbocycles. The van der Waals surface area contributed by atoms with Crippen molar-refractivity contribution >= 4 is 102 Å². The largest absolute Gasteiger partial charge is 0.310 e. The van der Waals surface area contributed by atoms with Crippen LogP contribution in [0.25, 0.3) is 67.4 Å². The van der Waals surface area contributed by atoms with Crippen molar-refractivity contribution in [3.8, 4) is 0 Å². The number of benzene rings is 11. The van der Waals surface area contributed by atoms with E-state index in [9.17, 15) is 0 Å². The van der Waals surface area contributed by atoms with Crippen LogP contribution in [0.3, 0.4) is 0 Å². The smallest absolute Gasteiger partial charge is 0.0540 e. The molecular weight excluding hydrogens is 749 g/mol. The highest BCUT2D eigenvalue weighted by Crippen LogP contribution is 2.48. The van der Waals surface area contributed by atoms with Crippen LogP contribution in [0.1, 0.15) is 22.3 Å². The van der Waals surface area contributed by atoms with Crippen LogP contribution in [0.5, 0.6) is 0 Å². The lowest BCUT2D eigenvalue weighted by molar-refractivity contribution is 1.30. The number of para-hydroxylation sites is 2. The van der Waals surface area contributed by atoms with Gasteiger partial charge in [-0.3, -0.25) is 0 Å². The summed E-state index contributed by atoms with van der Waals surface area (Å²) in [6, 6.07) is 83.1. The first-order chi connectivity index (χ1) is 30.8. The predicted octanol–water partition coefficient (Wildman–Crippen LogP) is 17.0. The number of anilines is 6. The van der Waals surface area contributed by atoms with E-state index in [0.717, 1.165) is 45.3 Å². The molecule has 11 rings (SSSR count). The van der Waals surface area contributed by atoms with Gasteiger partial charge in [0.2, 0.25) is 0 Å². The molecule has 2 nitrogen and oxygen atoms in total. The molecule has 2 heteroatoms. The first kappa shape index (κ1) is 36.8. The summed E-state index contributed by atoms with van der Waals surface area (Å²) in [6.07, 6.45) is 8.69. The second-order valence-corrected chi connectivity index (χ2v) is 15.7. The molecule has 292 valence electrons. The minimum absolute atomic E-state index is 1.11. The molecule has 0 radical (unpaired) electrons. The summed E-state index contributed by atoms with van der Waals surface area (Å²) in [7, 11) is 0. The Morgan fingerprint density at radius 2 is 0.500 bits per heavy atom. The lowest BCUT2D eigenvalue weighted by atomic mass is 9.88. The van der Waals surface area contributed by atoms with Crippen LogP contribution in [0.4, 0.5) is 34.1 Å². The van der Waals surface area contributed by atoms with Gasteiger partial charge >= 0.3 is 0 Å². The van der Waals surface area contributed by atoms with Gasteiger partial charge in [0.25, 0.3) is 0 Å². The lowest BCUT2D eigenvalue weighted by Crippen LogP contribution is -2.11. The monoisotopic (exact) mass is 790 g/mol. The van der Waals surface area contributed by atoms with Crippen molar-refractivity contribution in [2.24, 2.45) is 0 Å². The molecule has 0 fully saturated rings. The normalized spacial score (nSPS) is 11.7. The number of fused-ring (bicyclic) bond motifs is 2. The molecule has 0 bridgehead atoms. The Labute approximate surface area is 362 Å². The quantitative estimate of drug-likeness (QED) is 0.0773. The highest BCUT2D eigenvalue weighted by Gasteiger charge is 2.22. The number of rotatable bonds is 10. The van der Waals surface area contributed by atoms with Crippen LogP contribution >= 0.6 is 0 Å². The number of hydrogen-bond donors (Lipinski definition) is 0. The van der Waals surface area contributed by atoms with Crippen molar-refractivity contribution in [3.05, 3.63) is 253 Å². The number of nitrogens with zero attached hydrogens (tertiary/aromatic N) is 2. The first-order valence-corrected chi connectivity index (χ1v) is 21.3. The predicted molar refractivity (Wildman–Crippen MR) is 268 cm³/mol. The molecule has 0 aliphatic heterocycles. The Hall–Kier alpha value is -8.20. The van der Waals surface area contributed by atoms with Crippen molar-refractivity contribution in [1.82, 2.24) is 0 Å². The zero-order chi connectivity index (χ0) is 41.2. The Morgan fingerprint density at radius 1 is 0.210 bits per heavy atom. The van der Waals surface area contributed by atoms with E-state index in [4.69, 9.17) is 0 Å². The molecule has 0 aromatic heterocycles. The van der Waals surface area contributed by atoms with Gasteiger partial charge in [-0.25, -0.2) is 0 Å². The van der Waals surface area contributed by atoms with Crippen molar-refractivity contribution in [2.75, 3.05) is 9.80 Å². The maximum absolute atomic E-state index is 2.40. The molecule has 0 spiro atoms. The van der Waals surface area contributed by atoms with Gasteiger partial charge in [0.15, 0.2) is 0 Å². The van der Waals surface area contributed by atoms with E-state index in [1.54, 1.807) is 0 Å². The minimum atomic E-state index is 1.11. The Balaban J connectivity index is 1.04. The molecule has 0 N–H and O–H groups in total. The SMILES string of the molecule is C(=C\c1ccc(N(c2ccccc2)c2ccc3c4ccc(N(c5ccccc5)c5ccc(/C=C/c6ccccc6)cc5)c5cccc(c6cccc2c63)c54)cc1)/c1ccccc1. The molecular formula is C60H42N2. The van der Waals surface area contributed by atoms with E-state index in [1.807, 2.05) is 0 Å². The van der Waals surface area contributed by atoms with Gasteiger partial charge in [0.1, 0.15) is 0 Å². The minimum Gasteiger partial charge on any atom is -0.310 e. The van der Waals surface area contributed by atoms with Crippen molar-refractivity contribution in [1.29, 1.82) is 0 Å². The van der Waals surface area contributed by atoms with Gasteiger partial charge in [-0.2, -0.15) is 0 Å². The molecule has 0 amide bonds. The first-order valence-electron chi connectivity index (χ1n) is 21.3. The second kappa shape index (κ2) is 16.1. The average Bonchev–Trinajstić information content (AvgIpc) is 3.35. The molecule has 0 saturated heterocycles. The fourth-order valence-electron chi connectivity index (χ4n) is 9.06. The second-order valence-electron chi connectivity index (χ2n) is 15.7. The van der Waals surface area contributed by atoms with Gasteiger partial charge in [-0.1, -0.05) is 194 Å². The molecule has 0 aliphatic rings. The third-order valence-electron chi connectivity index (χ3n) is 12.0. The molecule has 0 atom stereocenters. The van der Waals surface area contributed by atoms with E-state index >= 15 is 0 Å². The third-order valence-corrected chi connectivity index (χ3v) is 12.0. The molecule has 0 unspecified atom stereocenters. The van der Waals surface area contributed by atoms with Crippen LogP contribution in [0.15, 0.2) is 231 Å². The fraction of sp³-hybridized carbons (Fsp3) is 0. The Kier molecular flexibility index (Phi) is 9.57. The zero-order valence-electron chi connectivity index (χ0n) is 34.1. The van der Waals surface area contributed by atoms with Gasteiger partial charge in [0, 0.05) is 33.5 Å². The van der Waals surface area contributed by atoms with Crippen LogP contribution < -0.4 is 9.80 Å². The molecule has 11 aromatic carbocycles. The summed E-state index contributed by atoms with van der Waals surface area (Å²) < 4.78 is 0. The number of hydrogen-bond acceptors (Lipinski definition) is 2. The summed E-state index contributed by atoms with van der Waals surface area (Å²) in [5.41, 5.74) is 11.4. The van der Waals surface area contributed by atoms with Crippen LogP contribution in [-0.2, 0) is 0 Å².